The van der Waals surface area contributed by atoms with Crippen LogP contribution in [-0.2, 0) is 16.1 Å². The number of carbonyl (C=O) groups excluding carboxylic acids is 2. The van der Waals surface area contributed by atoms with Crippen molar-refractivity contribution in [1.29, 1.82) is 0 Å². The molecular weight excluding hydrogens is 412 g/mol. The van der Waals surface area contributed by atoms with Crippen molar-refractivity contribution >= 4 is 23.3 Å². The van der Waals surface area contributed by atoms with E-state index in [2.05, 4.69) is 15.3 Å². The molecule has 0 N–H and O–H groups in total. The molecule has 7 nitrogen and oxygen atoms in total. The molecule has 1 aromatic heterocycles. The van der Waals surface area contributed by atoms with Crippen LogP contribution in [-0.4, -0.2) is 77.1 Å². The van der Waals surface area contributed by atoms with E-state index in [4.69, 9.17) is 4.74 Å². The Morgan fingerprint density at radius 1 is 1.23 bits per heavy atom. The van der Waals surface area contributed by atoms with Gasteiger partial charge in [-0.25, -0.2) is 9.78 Å². The third-order valence-corrected chi connectivity index (χ3v) is 6.88. The van der Waals surface area contributed by atoms with E-state index in [-0.39, 0.29) is 12.0 Å². The molecule has 0 saturated carbocycles. The summed E-state index contributed by atoms with van der Waals surface area (Å²) < 4.78 is 5.46. The van der Waals surface area contributed by atoms with Crippen LogP contribution in [0.1, 0.15) is 57.2 Å². The number of aryl methyl sites for hydroxylation is 1. The summed E-state index contributed by atoms with van der Waals surface area (Å²) in [5, 5.41) is 3.24. The lowest BCUT2D eigenvalue weighted by Gasteiger charge is -2.38. The molecule has 1 atom stereocenters. The highest BCUT2D eigenvalue weighted by Crippen LogP contribution is 2.25. The fourth-order valence-corrected chi connectivity index (χ4v) is 5.13. The molecule has 1 unspecified atom stereocenters. The average Bonchev–Trinajstić information content (AvgIpc) is 3.11. The predicted octanol–water partition coefficient (Wildman–Crippen LogP) is 3.77. The summed E-state index contributed by atoms with van der Waals surface area (Å²) in [6, 6.07) is 0. The Balaban J connectivity index is 1.44. The second-order valence-corrected chi connectivity index (χ2v) is 11.1. The lowest BCUT2D eigenvalue weighted by Crippen LogP contribution is -2.48. The molecule has 8 heteroatoms. The fourth-order valence-electron chi connectivity index (χ4n) is 4.52. The molecule has 2 saturated heterocycles. The van der Waals surface area contributed by atoms with Gasteiger partial charge in [-0.1, -0.05) is 0 Å². The van der Waals surface area contributed by atoms with Gasteiger partial charge in [-0.15, -0.1) is 11.3 Å². The highest BCUT2D eigenvalue weighted by atomic mass is 32.1. The van der Waals surface area contributed by atoms with Crippen LogP contribution < -0.4 is 0 Å². The molecule has 1 aromatic rings. The molecule has 2 aliphatic heterocycles. The van der Waals surface area contributed by atoms with Crippen LogP contribution in [0.5, 0.6) is 0 Å². The highest BCUT2D eigenvalue weighted by molar-refractivity contribution is 7.09. The molecule has 0 aromatic carbocycles. The van der Waals surface area contributed by atoms with E-state index in [9.17, 15) is 9.59 Å². The van der Waals surface area contributed by atoms with Crippen molar-refractivity contribution in [2.45, 2.75) is 65.5 Å². The summed E-state index contributed by atoms with van der Waals surface area (Å²) in [5.41, 5.74) is 0.646. The molecule has 3 rings (SSSR count). The quantitative estimate of drug-likeness (QED) is 0.683. The molecule has 2 aliphatic rings. The van der Waals surface area contributed by atoms with E-state index < -0.39 is 5.60 Å². The number of hydrogen-bond donors (Lipinski definition) is 0. The summed E-state index contributed by atoms with van der Waals surface area (Å²) in [6.07, 6.45) is 3.59. The van der Waals surface area contributed by atoms with Gasteiger partial charge in [-0.2, -0.15) is 0 Å². The van der Waals surface area contributed by atoms with Gasteiger partial charge in [0.25, 0.3) is 0 Å². The van der Waals surface area contributed by atoms with Gasteiger partial charge in [0.15, 0.2) is 0 Å². The predicted molar refractivity (Wildman–Crippen MR) is 123 cm³/mol. The van der Waals surface area contributed by atoms with Gasteiger partial charge in [0.05, 0.1) is 10.7 Å². The molecule has 0 spiro atoms. The number of nitrogens with zero attached hydrogens (tertiary/aromatic N) is 4. The van der Waals surface area contributed by atoms with Crippen molar-refractivity contribution in [2.75, 3.05) is 39.8 Å². The van der Waals surface area contributed by atoms with Crippen LogP contribution >= 0.6 is 11.3 Å². The maximum absolute atomic E-state index is 13.2. The van der Waals surface area contributed by atoms with Crippen molar-refractivity contribution in [3.05, 3.63) is 16.1 Å². The number of hydrogen-bond acceptors (Lipinski definition) is 6. The number of thiazole rings is 1. The first kappa shape index (κ1) is 24.0. The maximum atomic E-state index is 13.2. The first-order chi connectivity index (χ1) is 14.6. The Kier molecular flexibility index (Phi) is 7.97. The van der Waals surface area contributed by atoms with E-state index in [1.807, 2.05) is 32.6 Å². The zero-order chi connectivity index (χ0) is 22.6. The Morgan fingerprint density at radius 3 is 2.55 bits per heavy atom. The molecule has 174 valence electrons. The maximum Gasteiger partial charge on any atom is 0.410 e. The van der Waals surface area contributed by atoms with Gasteiger partial charge in [-0.3, -0.25) is 9.69 Å². The first-order valence-corrected chi connectivity index (χ1v) is 12.3. The second kappa shape index (κ2) is 10.3. The lowest BCUT2D eigenvalue weighted by molar-refractivity contribution is -0.139. The monoisotopic (exact) mass is 450 g/mol. The molecule has 0 radical (unpaired) electrons. The van der Waals surface area contributed by atoms with Gasteiger partial charge in [0.1, 0.15) is 5.60 Å². The standard InChI is InChI=1S/C23H38N4O3S/c1-17-24-20(16-31-17)15-26-11-8-19(9-12-26)21(28)27-10-6-7-18(14-27)13-25(5)22(29)30-23(2,3)4/h16,18-19H,6-15H2,1-5H3. The molecule has 0 bridgehead atoms. The number of piperidine rings is 2. The van der Waals surface area contributed by atoms with Crippen molar-refractivity contribution in [3.63, 3.8) is 0 Å². The minimum absolute atomic E-state index is 0.121. The number of aromatic nitrogens is 1. The number of ether oxygens (including phenoxy) is 1. The molecule has 31 heavy (non-hydrogen) atoms. The average molecular weight is 451 g/mol. The van der Waals surface area contributed by atoms with Gasteiger partial charge in [0, 0.05) is 44.5 Å². The topological polar surface area (TPSA) is 66.0 Å². The second-order valence-electron chi connectivity index (χ2n) is 10.1. The van der Waals surface area contributed by atoms with Crippen molar-refractivity contribution in [2.24, 2.45) is 11.8 Å². The summed E-state index contributed by atoms with van der Waals surface area (Å²) >= 11 is 1.69. The van der Waals surface area contributed by atoms with Crippen molar-refractivity contribution < 1.29 is 14.3 Å². The minimum atomic E-state index is -0.493. The van der Waals surface area contributed by atoms with E-state index in [1.54, 1.807) is 23.3 Å². The molecular formula is C23H38N4O3S. The third kappa shape index (κ3) is 7.17. The Bertz CT molecular complexity index is 752. The SMILES string of the molecule is Cc1nc(CN2CCC(C(=O)N3CCCC(CN(C)C(=O)OC(C)(C)C)C3)CC2)cs1. The third-order valence-electron chi connectivity index (χ3n) is 6.06. The summed E-state index contributed by atoms with van der Waals surface area (Å²) in [5.74, 6) is 0.729. The van der Waals surface area contributed by atoms with Crippen LogP contribution in [0.2, 0.25) is 0 Å². The number of likely N-dealkylation sites (tertiary alicyclic amines) is 2. The first-order valence-electron chi connectivity index (χ1n) is 11.5. The van der Waals surface area contributed by atoms with E-state index in [1.165, 1.54) is 0 Å². The Labute approximate surface area is 190 Å². The van der Waals surface area contributed by atoms with Gasteiger partial charge >= 0.3 is 6.09 Å². The molecule has 2 fully saturated rings. The fraction of sp³-hybridized carbons (Fsp3) is 0.783. The normalized spacial score (nSPS) is 21.2. The number of carbonyl (C=O) groups is 2. The zero-order valence-corrected chi connectivity index (χ0v) is 20.5. The molecule has 2 amide bonds. The van der Waals surface area contributed by atoms with Gasteiger partial charge in [0.2, 0.25) is 5.91 Å². The lowest BCUT2D eigenvalue weighted by atomic mass is 9.92. The van der Waals surface area contributed by atoms with Crippen LogP contribution in [0.3, 0.4) is 0 Å². The van der Waals surface area contributed by atoms with E-state index >= 15 is 0 Å². The molecule has 3 heterocycles. The summed E-state index contributed by atoms with van der Waals surface area (Å²) in [7, 11) is 1.79. The van der Waals surface area contributed by atoms with Crippen LogP contribution in [0.4, 0.5) is 4.79 Å². The van der Waals surface area contributed by atoms with Crippen molar-refractivity contribution in [1.82, 2.24) is 19.7 Å². The largest absolute Gasteiger partial charge is 0.444 e. The summed E-state index contributed by atoms with van der Waals surface area (Å²) in [6.45, 7) is 12.7. The van der Waals surface area contributed by atoms with Crippen LogP contribution in [0.25, 0.3) is 0 Å². The van der Waals surface area contributed by atoms with Gasteiger partial charge in [-0.05, 0) is 72.4 Å². The minimum Gasteiger partial charge on any atom is -0.444 e. The number of rotatable bonds is 5. The summed E-state index contributed by atoms with van der Waals surface area (Å²) in [4.78, 5) is 36.1. The van der Waals surface area contributed by atoms with E-state index in [0.717, 1.165) is 69.1 Å². The smallest absolute Gasteiger partial charge is 0.410 e. The highest BCUT2D eigenvalue weighted by Gasteiger charge is 2.32. The zero-order valence-electron chi connectivity index (χ0n) is 19.7. The van der Waals surface area contributed by atoms with Crippen LogP contribution in [0, 0.1) is 18.8 Å². The van der Waals surface area contributed by atoms with Crippen molar-refractivity contribution in [3.8, 4) is 0 Å². The van der Waals surface area contributed by atoms with Crippen LogP contribution in [0.15, 0.2) is 5.38 Å². The Morgan fingerprint density at radius 2 is 1.94 bits per heavy atom. The van der Waals surface area contributed by atoms with Gasteiger partial charge < -0.3 is 14.5 Å². The number of amides is 2. The van der Waals surface area contributed by atoms with E-state index in [0.29, 0.717) is 18.4 Å². The molecule has 0 aliphatic carbocycles. The Hall–Kier alpha value is -1.67.